The van der Waals surface area contributed by atoms with Crippen LogP contribution in [0.2, 0.25) is 0 Å². The molecule has 0 radical (unpaired) electrons. The van der Waals surface area contributed by atoms with Crippen LogP contribution in [0.15, 0.2) is 36.9 Å². The Morgan fingerprint density at radius 3 is 2.67 bits per heavy atom. The van der Waals surface area contributed by atoms with Crippen LogP contribution in [-0.4, -0.2) is 36.7 Å². The number of hydrogen-bond donors (Lipinski definition) is 0. The van der Waals surface area contributed by atoms with E-state index >= 15 is 0 Å². The first-order valence-electron chi connectivity index (χ1n) is 8.74. The highest BCUT2D eigenvalue weighted by Crippen LogP contribution is 2.33. The van der Waals surface area contributed by atoms with Gasteiger partial charge in [-0.25, -0.2) is 19.1 Å². The average molecular weight is 423 g/mol. The second kappa shape index (κ2) is 7.77. The molecule has 0 bridgehead atoms. The van der Waals surface area contributed by atoms with Gasteiger partial charge in [-0.1, -0.05) is 12.7 Å². The molecular formula is C20H17F4N3O3. The van der Waals surface area contributed by atoms with E-state index in [2.05, 4.69) is 11.6 Å². The number of likely N-dealkylation sites (N-methyl/N-ethyl adjacent to an activating group) is 1. The van der Waals surface area contributed by atoms with Crippen molar-refractivity contribution in [2.75, 3.05) is 23.5 Å². The Bertz CT molecular complexity index is 1020. The summed E-state index contributed by atoms with van der Waals surface area (Å²) >= 11 is 0. The maximum atomic E-state index is 13.7. The van der Waals surface area contributed by atoms with Crippen molar-refractivity contribution >= 4 is 29.6 Å². The summed E-state index contributed by atoms with van der Waals surface area (Å²) in [5.41, 5.74) is -0.506. The lowest BCUT2D eigenvalue weighted by atomic mass is 10.1. The number of benzene rings is 1. The zero-order valence-corrected chi connectivity index (χ0v) is 16.0. The van der Waals surface area contributed by atoms with Gasteiger partial charge in [-0.05, 0) is 37.3 Å². The number of alkyl halides is 3. The molecule has 1 fully saturated rings. The number of aryl methyl sites for hydroxylation is 1. The van der Waals surface area contributed by atoms with E-state index in [-0.39, 0.29) is 23.7 Å². The molecule has 0 saturated carbocycles. The van der Waals surface area contributed by atoms with Crippen molar-refractivity contribution in [3.63, 3.8) is 0 Å². The number of anilines is 2. The first kappa shape index (κ1) is 21.3. The number of aromatic nitrogens is 1. The number of halogens is 4. The van der Waals surface area contributed by atoms with Crippen LogP contribution in [0.5, 0.6) is 0 Å². The van der Waals surface area contributed by atoms with E-state index in [1.807, 2.05) is 0 Å². The third-order valence-corrected chi connectivity index (χ3v) is 4.59. The summed E-state index contributed by atoms with van der Waals surface area (Å²) in [4.78, 5) is 31.1. The highest BCUT2D eigenvalue weighted by molar-refractivity contribution is 6.05. The van der Waals surface area contributed by atoms with Crippen molar-refractivity contribution in [3.05, 3.63) is 59.5 Å². The van der Waals surface area contributed by atoms with Crippen molar-refractivity contribution in [1.82, 2.24) is 4.98 Å². The van der Waals surface area contributed by atoms with E-state index < -0.39 is 35.6 Å². The van der Waals surface area contributed by atoms with E-state index in [0.717, 1.165) is 21.9 Å². The zero-order valence-electron chi connectivity index (χ0n) is 16.0. The molecule has 0 unspecified atom stereocenters. The number of rotatable bonds is 4. The zero-order chi connectivity index (χ0) is 22.2. The van der Waals surface area contributed by atoms with E-state index in [0.29, 0.717) is 11.8 Å². The monoisotopic (exact) mass is 423 g/mol. The normalized spacial score (nSPS) is 16.4. The first-order chi connectivity index (χ1) is 14.0. The lowest BCUT2D eigenvalue weighted by molar-refractivity contribution is -0.137. The molecule has 0 aliphatic carbocycles. The SMILES string of the molecule is C=Cc1cc(N(C)C(=O)[C@@H]2COC(=O)N2c2cc(C(F)(F)F)cc(C)n2)ccc1F. The fourth-order valence-corrected chi connectivity index (χ4v) is 3.04. The molecule has 2 amide bonds. The number of carbonyl (C=O) groups is 2. The molecule has 10 heteroatoms. The molecule has 1 aromatic heterocycles. The van der Waals surface area contributed by atoms with Gasteiger partial charge >= 0.3 is 12.3 Å². The number of pyridine rings is 1. The van der Waals surface area contributed by atoms with Gasteiger partial charge in [0.15, 0.2) is 6.04 Å². The highest BCUT2D eigenvalue weighted by Gasteiger charge is 2.43. The van der Waals surface area contributed by atoms with E-state index in [1.165, 1.54) is 32.2 Å². The molecule has 1 aromatic carbocycles. The number of amides is 2. The molecule has 0 N–H and O–H groups in total. The smallest absolute Gasteiger partial charge is 0.416 e. The lowest BCUT2D eigenvalue weighted by Gasteiger charge is -2.26. The Morgan fingerprint density at radius 1 is 1.33 bits per heavy atom. The fraction of sp³-hybridized carbons (Fsp3) is 0.250. The van der Waals surface area contributed by atoms with Crippen LogP contribution in [0, 0.1) is 12.7 Å². The molecule has 0 spiro atoms. The predicted molar refractivity (Wildman–Crippen MR) is 101 cm³/mol. The van der Waals surface area contributed by atoms with E-state index in [9.17, 15) is 27.2 Å². The van der Waals surface area contributed by atoms with Crippen LogP contribution in [0.4, 0.5) is 33.9 Å². The largest absolute Gasteiger partial charge is 0.446 e. The standard InChI is InChI=1S/C20H17F4N3O3/c1-4-12-8-14(5-6-15(12)21)26(3)18(28)16-10-30-19(29)27(16)17-9-13(20(22,23)24)7-11(2)25-17/h4-9,16H,1,10H2,2-3H3/t16-/m0/s1. The first-order valence-corrected chi connectivity index (χ1v) is 8.74. The predicted octanol–water partition coefficient (Wildman–Crippen LogP) is 4.18. The minimum absolute atomic E-state index is 0.0215. The Balaban J connectivity index is 1.96. The van der Waals surface area contributed by atoms with Crippen LogP contribution < -0.4 is 9.80 Å². The van der Waals surface area contributed by atoms with Crippen LogP contribution >= 0.6 is 0 Å². The van der Waals surface area contributed by atoms with Gasteiger partial charge in [0.1, 0.15) is 18.2 Å². The summed E-state index contributed by atoms with van der Waals surface area (Å²) in [5, 5.41) is 0. The Hall–Kier alpha value is -3.43. The Labute approximate surface area is 169 Å². The quantitative estimate of drug-likeness (QED) is 0.693. The molecule has 1 saturated heterocycles. The molecular weight excluding hydrogens is 406 g/mol. The van der Waals surface area contributed by atoms with Crippen LogP contribution in [0.3, 0.4) is 0 Å². The minimum atomic E-state index is -4.66. The number of ether oxygens (including phenoxy) is 1. The molecule has 2 aromatic rings. The van der Waals surface area contributed by atoms with Gasteiger partial charge in [-0.2, -0.15) is 13.2 Å². The summed E-state index contributed by atoms with van der Waals surface area (Å²) in [5.74, 6) is -1.51. The van der Waals surface area contributed by atoms with Crippen LogP contribution in [0.1, 0.15) is 16.8 Å². The number of nitrogens with zero attached hydrogens (tertiary/aromatic N) is 3. The van der Waals surface area contributed by atoms with E-state index in [1.54, 1.807) is 0 Å². The lowest BCUT2D eigenvalue weighted by Crippen LogP contribution is -2.47. The van der Waals surface area contributed by atoms with Crippen molar-refractivity contribution in [3.8, 4) is 0 Å². The van der Waals surface area contributed by atoms with Gasteiger partial charge in [-0.15, -0.1) is 0 Å². The average Bonchev–Trinajstić information content (AvgIpc) is 3.07. The molecule has 6 nitrogen and oxygen atoms in total. The van der Waals surface area contributed by atoms with Gasteiger partial charge in [0.05, 0.1) is 5.56 Å². The van der Waals surface area contributed by atoms with Crippen molar-refractivity contribution in [2.24, 2.45) is 0 Å². The number of hydrogen-bond acceptors (Lipinski definition) is 4. The Kier molecular flexibility index (Phi) is 5.51. The minimum Gasteiger partial charge on any atom is -0.446 e. The molecule has 1 aliphatic rings. The second-order valence-electron chi connectivity index (χ2n) is 6.62. The van der Waals surface area contributed by atoms with Gasteiger partial charge in [0.25, 0.3) is 5.91 Å². The molecule has 1 aliphatic heterocycles. The summed E-state index contributed by atoms with van der Waals surface area (Å²) in [6.07, 6.45) is -4.36. The summed E-state index contributed by atoms with van der Waals surface area (Å²) in [6.45, 7) is 4.48. The third-order valence-electron chi connectivity index (χ3n) is 4.59. The maximum absolute atomic E-state index is 13.7. The van der Waals surface area contributed by atoms with Crippen LogP contribution in [0.25, 0.3) is 6.08 Å². The van der Waals surface area contributed by atoms with Gasteiger partial charge < -0.3 is 9.64 Å². The van der Waals surface area contributed by atoms with Gasteiger partial charge in [-0.3, -0.25) is 4.79 Å². The topological polar surface area (TPSA) is 62.7 Å². The summed E-state index contributed by atoms with van der Waals surface area (Å²) < 4.78 is 58.1. The maximum Gasteiger partial charge on any atom is 0.416 e. The van der Waals surface area contributed by atoms with Gasteiger partial charge in [0.2, 0.25) is 0 Å². The highest BCUT2D eigenvalue weighted by atomic mass is 19.4. The molecule has 2 heterocycles. The molecule has 30 heavy (non-hydrogen) atoms. The van der Waals surface area contributed by atoms with Crippen molar-refractivity contribution < 1.29 is 31.9 Å². The third kappa shape index (κ3) is 3.98. The van der Waals surface area contributed by atoms with Crippen molar-refractivity contribution in [1.29, 1.82) is 0 Å². The molecule has 158 valence electrons. The summed E-state index contributed by atoms with van der Waals surface area (Å²) in [7, 11) is 1.40. The van der Waals surface area contributed by atoms with Gasteiger partial charge in [0, 0.05) is 24.0 Å². The molecule has 3 rings (SSSR count). The number of cyclic esters (lactones) is 1. The number of carbonyl (C=O) groups excluding carboxylic acids is 2. The van der Waals surface area contributed by atoms with Crippen molar-refractivity contribution in [2.45, 2.75) is 19.1 Å². The van der Waals surface area contributed by atoms with E-state index in [4.69, 9.17) is 4.74 Å². The molecule has 1 atom stereocenters. The fourth-order valence-electron chi connectivity index (χ4n) is 3.04. The van der Waals surface area contributed by atoms with Crippen LogP contribution in [-0.2, 0) is 15.7 Å². The second-order valence-corrected chi connectivity index (χ2v) is 6.62. The Morgan fingerprint density at radius 2 is 2.03 bits per heavy atom. The summed E-state index contributed by atoms with van der Waals surface area (Å²) in [6, 6.07) is 4.18.